The van der Waals surface area contributed by atoms with Crippen LogP contribution in [0.25, 0.3) is 10.9 Å². The first-order valence-electron chi connectivity index (χ1n) is 7.94. The van der Waals surface area contributed by atoms with Gasteiger partial charge in [-0.25, -0.2) is 8.42 Å². The molecule has 7 nitrogen and oxygen atoms in total. The number of hydrogen-bond acceptors (Lipinski definition) is 5. The van der Waals surface area contributed by atoms with Crippen LogP contribution in [-0.4, -0.2) is 48.2 Å². The van der Waals surface area contributed by atoms with Gasteiger partial charge < -0.3 is 10.1 Å². The smallest absolute Gasteiger partial charge is 0.242 e. The van der Waals surface area contributed by atoms with Crippen molar-refractivity contribution >= 4 is 32.3 Å². The normalized spacial score (nSPS) is 17.8. The molecule has 0 bridgehead atoms. The predicted octanol–water partition coefficient (Wildman–Crippen LogP) is 1.79. The van der Waals surface area contributed by atoms with Crippen LogP contribution in [0.15, 0.2) is 18.3 Å². The summed E-state index contributed by atoms with van der Waals surface area (Å²) in [4.78, 5) is 12.5. The minimum absolute atomic E-state index is 0.425. The second-order valence-corrected chi connectivity index (χ2v) is 8.71. The Kier molecular flexibility index (Phi) is 4.60. The van der Waals surface area contributed by atoms with Crippen LogP contribution in [0.2, 0.25) is 0 Å². The number of aromatic amines is 1. The summed E-state index contributed by atoms with van der Waals surface area (Å²) in [5.41, 5.74) is 2.31. The monoisotopic (exact) mass is 351 g/mol. The molecule has 1 unspecified atom stereocenters. The third-order valence-corrected chi connectivity index (χ3v) is 7.14. The van der Waals surface area contributed by atoms with Crippen LogP contribution in [0.5, 0.6) is 0 Å². The average Bonchev–Trinajstić information content (AvgIpc) is 3.02. The number of ether oxygens (including phenoxy) is 1. The van der Waals surface area contributed by atoms with Crippen LogP contribution in [0.3, 0.4) is 0 Å². The summed E-state index contributed by atoms with van der Waals surface area (Å²) in [6.45, 7) is 4.16. The first kappa shape index (κ1) is 16.9. The lowest BCUT2D eigenvalue weighted by atomic mass is 10.1. The van der Waals surface area contributed by atoms with Crippen molar-refractivity contribution in [1.82, 2.24) is 10.2 Å². The summed E-state index contributed by atoms with van der Waals surface area (Å²) in [5, 5.41) is 8.81. The standard InChI is InChI=1S/C16H21N3O4S/c1-10-7-15-12(9-17-19-15)8-14(10)18-16(20)11(2)24(21,22)13-3-5-23-6-4-13/h7-9,11,13H,3-6H2,1-2H3,(H,17,19)(H,18,20). The molecule has 0 radical (unpaired) electrons. The maximum atomic E-state index is 12.6. The number of nitrogens with zero attached hydrogens (tertiary/aromatic N) is 1. The van der Waals surface area contributed by atoms with E-state index in [2.05, 4.69) is 15.5 Å². The highest BCUT2D eigenvalue weighted by molar-refractivity contribution is 7.93. The summed E-state index contributed by atoms with van der Waals surface area (Å²) in [6.07, 6.45) is 2.55. The van der Waals surface area contributed by atoms with Crippen molar-refractivity contribution in [3.63, 3.8) is 0 Å². The zero-order valence-corrected chi connectivity index (χ0v) is 14.5. The van der Waals surface area contributed by atoms with Gasteiger partial charge in [0.2, 0.25) is 5.91 Å². The lowest BCUT2D eigenvalue weighted by molar-refractivity contribution is -0.115. The second-order valence-electron chi connectivity index (χ2n) is 6.16. The average molecular weight is 351 g/mol. The van der Waals surface area contributed by atoms with Crippen LogP contribution < -0.4 is 5.32 Å². The van der Waals surface area contributed by atoms with Crippen LogP contribution in [0.4, 0.5) is 5.69 Å². The Bertz CT molecular complexity index is 853. The number of amides is 1. The Morgan fingerprint density at radius 3 is 2.79 bits per heavy atom. The molecule has 1 saturated heterocycles. The Morgan fingerprint density at radius 2 is 2.08 bits per heavy atom. The molecule has 1 fully saturated rings. The maximum Gasteiger partial charge on any atom is 0.242 e. The number of rotatable bonds is 4. The predicted molar refractivity (Wildman–Crippen MR) is 91.7 cm³/mol. The van der Waals surface area contributed by atoms with Gasteiger partial charge in [-0.3, -0.25) is 9.89 Å². The van der Waals surface area contributed by atoms with Gasteiger partial charge in [-0.1, -0.05) is 0 Å². The van der Waals surface area contributed by atoms with E-state index >= 15 is 0 Å². The van der Waals surface area contributed by atoms with Gasteiger partial charge in [-0.15, -0.1) is 0 Å². The third-order valence-electron chi connectivity index (χ3n) is 4.54. The van der Waals surface area contributed by atoms with Crippen molar-refractivity contribution in [1.29, 1.82) is 0 Å². The Labute approximate surface area is 140 Å². The molecule has 3 rings (SSSR count). The van der Waals surface area contributed by atoms with E-state index < -0.39 is 26.2 Å². The molecule has 1 aliphatic heterocycles. The van der Waals surface area contributed by atoms with Crippen molar-refractivity contribution in [3.8, 4) is 0 Å². The molecular weight excluding hydrogens is 330 g/mol. The van der Waals surface area contributed by atoms with Crippen LogP contribution in [0.1, 0.15) is 25.3 Å². The van der Waals surface area contributed by atoms with E-state index in [4.69, 9.17) is 4.74 Å². The van der Waals surface area contributed by atoms with E-state index in [0.29, 0.717) is 31.7 Å². The zero-order chi connectivity index (χ0) is 17.3. The molecule has 1 atom stereocenters. The molecule has 8 heteroatoms. The van der Waals surface area contributed by atoms with Crippen LogP contribution >= 0.6 is 0 Å². The zero-order valence-electron chi connectivity index (χ0n) is 13.7. The molecule has 2 aromatic rings. The minimum Gasteiger partial charge on any atom is -0.381 e. The van der Waals surface area contributed by atoms with Crippen LogP contribution in [-0.2, 0) is 19.4 Å². The van der Waals surface area contributed by atoms with E-state index in [1.54, 1.807) is 12.3 Å². The Morgan fingerprint density at radius 1 is 1.38 bits per heavy atom. The molecule has 24 heavy (non-hydrogen) atoms. The molecule has 0 saturated carbocycles. The molecule has 1 aliphatic rings. The quantitative estimate of drug-likeness (QED) is 0.874. The highest BCUT2D eigenvalue weighted by Gasteiger charge is 2.36. The summed E-state index contributed by atoms with van der Waals surface area (Å²) in [5.74, 6) is -0.507. The van der Waals surface area contributed by atoms with E-state index in [1.165, 1.54) is 6.92 Å². The maximum absolute atomic E-state index is 12.6. The van der Waals surface area contributed by atoms with Gasteiger partial charge in [0.25, 0.3) is 0 Å². The van der Waals surface area contributed by atoms with Gasteiger partial charge in [0, 0.05) is 24.3 Å². The highest BCUT2D eigenvalue weighted by Crippen LogP contribution is 2.24. The lowest BCUT2D eigenvalue weighted by Crippen LogP contribution is -2.41. The Hall–Kier alpha value is -1.93. The number of anilines is 1. The van der Waals surface area contributed by atoms with E-state index in [0.717, 1.165) is 16.5 Å². The van der Waals surface area contributed by atoms with Gasteiger partial charge in [0.15, 0.2) is 9.84 Å². The number of aromatic nitrogens is 2. The number of hydrogen-bond donors (Lipinski definition) is 2. The van der Waals surface area contributed by atoms with Gasteiger partial charge in [-0.2, -0.15) is 5.10 Å². The fourth-order valence-electron chi connectivity index (χ4n) is 2.91. The van der Waals surface area contributed by atoms with Gasteiger partial charge in [0.1, 0.15) is 5.25 Å². The second kappa shape index (κ2) is 6.52. The number of sulfone groups is 1. The van der Waals surface area contributed by atoms with Crippen LogP contribution in [0, 0.1) is 6.92 Å². The summed E-state index contributed by atoms with van der Waals surface area (Å²) >= 11 is 0. The van der Waals surface area contributed by atoms with Gasteiger partial charge >= 0.3 is 0 Å². The molecule has 1 aromatic heterocycles. The van der Waals surface area contributed by atoms with E-state index in [-0.39, 0.29) is 0 Å². The number of aryl methyl sites for hydroxylation is 1. The fraction of sp³-hybridized carbons (Fsp3) is 0.500. The highest BCUT2D eigenvalue weighted by atomic mass is 32.2. The first-order chi connectivity index (χ1) is 11.4. The largest absolute Gasteiger partial charge is 0.381 e. The van der Waals surface area contributed by atoms with Gasteiger partial charge in [-0.05, 0) is 44.4 Å². The number of nitrogens with one attached hydrogen (secondary N) is 2. The molecule has 1 amide bonds. The molecular formula is C16H21N3O4S. The third kappa shape index (κ3) is 3.16. The molecule has 1 aromatic carbocycles. The van der Waals surface area contributed by atoms with Crippen molar-refractivity contribution in [2.45, 2.75) is 37.2 Å². The van der Waals surface area contributed by atoms with Crippen molar-refractivity contribution in [3.05, 3.63) is 23.9 Å². The molecule has 0 aliphatic carbocycles. The summed E-state index contributed by atoms with van der Waals surface area (Å²) in [6, 6.07) is 3.66. The minimum atomic E-state index is -3.54. The number of fused-ring (bicyclic) bond motifs is 1. The lowest BCUT2D eigenvalue weighted by Gasteiger charge is -2.25. The molecule has 0 spiro atoms. The number of carbonyl (C=O) groups excluding carboxylic acids is 1. The topological polar surface area (TPSA) is 101 Å². The van der Waals surface area contributed by atoms with E-state index in [1.807, 2.05) is 13.0 Å². The number of benzene rings is 1. The summed E-state index contributed by atoms with van der Waals surface area (Å²) in [7, 11) is -3.54. The number of H-pyrrole nitrogens is 1. The van der Waals surface area contributed by atoms with Crippen molar-refractivity contribution in [2.75, 3.05) is 18.5 Å². The molecule has 2 heterocycles. The van der Waals surface area contributed by atoms with E-state index in [9.17, 15) is 13.2 Å². The van der Waals surface area contributed by atoms with Crippen molar-refractivity contribution in [2.24, 2.45) is 0 Å². The fourth-order valence-corrected chi connectivity index (χ4v) is 4.70. The van der Waals surface area contributed by atoms with Gasteiger partial charge in [0.05, 0.1) is 17.0 Å². The Balaban J connectivity index is 1.78. The summed E-state index contributed by atoms with van der Waals surface area (Å²) < 4.78 is 30.5. The van der Waals surface area contributed by atoms with Crippen molar-refractivity contribution < 1.29 is 17.9 Å². The molecule has 2 N–H and O–H groups in total. The molecule has 130 valence electrons. The SMILES string of the molecule is Cc1cc2[nH]ncc2cc1NC(=O)C(C)S(=O)(=O)C1CCOCC1. The first-order valence-corrected chi connectivity index (χ1v) is 9.55. The number of carbonyl (C=O) groups is 1.